The Balaban J connectivity index is 2.88. The molecule has 0 spiro atoms. The second-order valence-corrected chi connectivity index (χ2v) is 2.66. The van der Waals surface area contributed by atoms with Crippen molar-refractivity contribution in [3.63, 3.8) is 0 Å². The van der Waals surface area contributed by atoms with Crippen LogP contribution in [0.4, 0.5) is 0 Å². The second-order valence-electron chi connectivity index (χ2n) is 2.66. The van der Waals surface area contributed by atoms with Crippen LogP contribution in [0.15, 0.2) is 0 Å². The molecular weight excluding hydrogens is 172 g/mol. The second kappa shape index (κ2) is 2.60. The first kappa shape index (κ1) is 9.81. The van der Waals surface area contributed by atoms with E-state index in [1.54, 1.807) is 0 Å². The fraction of sp³-hybridized carbons (Fsp3) is 1.00. The molecule has 6 N–H and O–H groups in total. The van der Waals surface area contributed by atoms with Crippen LogP contribution in [0.3, 0.4) is 0 Å². The van der Waals surface area contributed by atoms with Gasteiger partial charge in [0.05, 0.1) is 6.61 Å². The van der Waals surface area contributed by atoms with Crippen LogP contribution >= 0.6 is 0 Å². The molecule has 12 heavy (non-hydrogen) atoms. The molecule has 1 aliphatic heterocycles. The number of rotatable bonds is 0. The van der Waals surface area contributed by atoms with Gasteiger partial charge in [0.1, 0.15) is 12.2 Å². The topological polar surface area (TPSA) is 131 Å². The molecule has 0 unspecified atom stereocenters. The zero-order chi connectivity index (χ0) is 9.57. The summed E-state index contributed by atoms with van der Waals surface area (Å²) in [4.78, 5) is 0. The monoisotopic (exact) mass is 182 g/mol. The van der Waals surface area contributed by atoms with Crippen molar-refractivity contribution in [3.05, 3.63) is 0 Å². The third-order valence-electron chi connectivity index (χ3n) is 1.71. The molecule has 0 bridgehead atoms. The predicted molar refractivity (Wildman–Crippen MR) is 32.3 cm³/mol. The van der Waals surface area contributed by atoms with Gasteiger partial charge in [0.15, 0.2) is 0 Å². The first-order valence-electron chi connectivity index (χ1n) is 3.18. The SMILES string of the molecule is O[C@@H]1COC(O)(O)C(O)(O)[C@H]1O. The summed E-state index contributed by atoms with van der Waals surface area (Å²) in [5.41, 5.74) is 0. The standard InChI is InChI=1S/C5H10O7/c6-2-1-12-5(10,11)4(8,9)3(2)7/h2-3,6-11H,1H2/t2-,3+/m1/s1. The van der Waals surface area contributed by atoms with Crippen LogP contribution in [0.2, 0.25) is 0 Å². The molecule has 2 atom stereocenters. The highest BCUT2D eigenvalue weighted by Crippen LogP contribution is 2.29. The molecule has 0 aliphatic carbocycles. The number of hydrogen-bond acceptors (Lipinski definition) is 7. The van der Waals surface area contributed by atoms with E-state index in [-0.39, 0.29) is 0 Å². The summed E-state index contributed by atoms with van der Waals surface area (Å²) in [6.45, 7) is -0.600. The van der Waals surface area contributed by atoms with Crippen LogP contribution in [0.25, 0.3) is 0 Å². The van der Waals surface area contributed by atoms with Crippen LogP contribution in [0.1, 0.15) is 0 Å². The maximum Gasteiger partial charge on any atom is 0.338 e. The molecule has 1 aliphatic rings. The summed E-state index contributed by atoms with van der Waals surface area (Å²) >= 11 is 0. The summed E-state index contributed by atoms with van der Waals surface area (Å²) in [6, 6.07) is 0. The van der Waals surface area contributed by atoms with Crippen molar-refractivity contribution >= 4 is 0 Å². The van der Waals surface area contributed by atoms with Crippen molar-refractivity contribution in [1.29, 1.82) is 0 Å². The minimum Gasteiger partial charge on any atom is -0.388 e. The smallest absolute Gasteiger partial charge is 0.338 e. The molecule has 1 fully saturated rings. The lowest BCUT2D eigenvalue weighted by molar-refractivity contribution is -0.501. The third-order valence-corrected chi connectivity index (χ3v) is 1.71. The lowest BCUT2D eigenvalue weighted by Gasteiger charge is -2.43. The minimum atomic E-state index is -3.30. The Labute approximate surface area is 67.1 Å². The van der Waals surface area contributed by atoms with E-state index in [4.69, 9.17) is 30.6 Å². The molecule has 0 radical (unpaired) electrons. The normalized spacial score (nSPS) is 39.5. The van der Waals surface area contributed by atoms with Gasteiger partial charge in [-0.1, -0.05) is 0 Å². The van der Waals surface area contributed by atoms with Crippen LogP contribution in [-0.2, 0) is 4.74 Å². The number of aliphatic hydroxyl groups excluding tert-OH is 2. The van der Waals surface area contributed by atoms with Gasteiger partial charge >= 0.3 is 5.97 Å². The van der Waals surface area contributed by atoms with E-state index < -0.39 is 30.6 Å². The van der Waals surface area contributed by atoms with E-state index in [0.717, 1.165) is 0 Å². The quantitative estimate of drug-likeness (QED) is 0.211. The molecule has 1 saturated heterocycles. The summed E-state index contributed by atoms with van der Waals surface area (Å²) < 4.78 is 4.06. The summed E-state index contributed by atoms with van der Waals surface area (Å²) in [7, 11) is 0. The van der Waals surface area contributed by atoms with E-state index in [2.05, 4.69) is 4.74 Å². The average molecular weight is 182 g/mol. The van der Waals surface area contributed by atoms with E-state index >= 15 is 0 Å². The van der Waals surface area contributed by atoms with Gasteiger partial charge < -0.3 is 35.4 Å². The maximum absolute atomic E-state index is 8.89. The van der Waals surface area contributed by atoms with Crippen molar-refractivity contribution in [2.24, 2.45) is 0 Å². The Morgan fingerprint density at radius 1 is 1.08 bits per heavy atom. The van der Waals surface area contributed by atoms with Gasteiger partial charge in [-0.25, -0.2) is 0 Å². The number of hydrogen-bond donors (Lipinski definition) is 6. The molecule has 0 amide bonds. The van der Waals surface area contributed by atoms with Gasteiger partial charge in [0.2, 0.25) is 0 Å². The Morgan fingerprint density at radius 2 is 1.58 bits per heavy atom. The van der Waals surface area contributed by atoms with Crippen molar-refractivity contribution in [1.82, 2.24) is 0 Å². The Hall–Kier alpha value is -0.280. The highest BCUT2D eigenvalue weighted by atomic mass is 16.8. The van der Waals surface area contributed by atoms with Gasteiger partial charge in [-0.05, 0) is 0 Å². The van der Waals surface area contributed by atoms with E-state index in [0.29, 0.717) is 0 Å². The lowest BCUT2D eigenvalue weighted by atomic mass is 10.00. The van der Waals surface area contributed by atoms with E-state index in [1.165, 1.54) is 0 Å². The molecule has 0 aromatic carbocycles. The first-order chi connectivity index (χ1) is 5.29. The largest absolute Gasteiger partial charge is 0.388 e. The van der Waals surface area contributed by atoms with E-state index in [9.17, 15) is 0 Å². The van der Waals surface area contributed by atoms with Gasteiger partial charge in [-0.15, -0.1) is 0 Å². The molecular formula is C5H10O7. The van der Waals surface area contributed by atoms with Gasteiger partial charge in [0, 0.05) is 0 Å². The Kier molecular flexibility index (Phi) is 2.13. The zero-order valence-corrected chi connectivity index (χ0v) is 5.95. The number of aliphatic hydroxyl groups is 6. The molecule has 1 rings (SSSR count). The minimum absolute atomic E-state index is 0.600. The van der Waals surface area contributed by atoms with Gasteiger partial charge in [-0.2, -0.15) is 0 Å². The Morgan fingerprint density at radius 3 is 2.00 bits per heavy atom. The molecule has 7 heteroatoms. The fourth-order valence-electron chi connectivity index (χ4n) is 0.860. The summed E-state index contributed by atoms with van der Waals surface area (Å²) in [5.74, 6) is -6.57. The van der Waals surface area contributed by atoms with Crippen molar-refractivity contribution < 1.29 is 35.4 Å². The van der Waals surface area contributed by atoms with Crippen LogP contribution < -0.4 is 0 Å². The van der Waals surface area contributed by atoms with Gasteiger partial charge in [0.25, 0.3) is 5.79 Å². The van der Waals surface area contributed by atoms with E-state index in [1.807, 2.05) is 0 Å². The van der Waals surface area contributed by atoms with Gasteiger partial charge in [-0.3, -0.25) is 0 Å². The third kappa shape index (κ3) is 1.21. The van der Waals surface area contributed by atoms with Crippen molar-refractivity contribution in [2.45, 2.75) is 24.0 Å². The van der Waals surface area contributed by atoms with Crippen molar-refractivity contribution in [2.75, 3.05) is 6.61 Å². The fourth-order valence-corrected chi connectivity index (χ4v) is 0.860. The Bertz CT molecular complexity index is 177. The predicted octanol–water partition coefficient (Wildman–Crippen LogP) is -3.94. The molecule has 0 aromatic heterocycles. The van der Waals surface area contributed by atoms with Crippen LogP contribution in [-0.4, -0.2) is 61.2 Å². The highest BCUT2D eigenvalue weighted by Gasteiger charge is 2.60. The number of ether oxygens (including phenoxy) is 1. The van der Waals surface area contributed by atoms with Crippen LogP contribution in [0.5, 0.6) is 0 Å². The summed E-state index contributed by atoms with van der Waals surface area (Å²) in [5, 5.41) is 52.9. The molecule has 0 saturated carbocycles. The average Bonchev–Trinajstić information content (AvgIpc) is 1.96. The first-order valence-corrected chi connectivity index (χ1v) is 3.18. The molecule has 72 valence electrons. The molecule has 1 heterocycles. The molecule has 7 nitrogen and oxygen atoms in total. The highest BCUT2D eigenvalue weighted by molar-refractivity contribution is 4.91. The van der Waals surface area contributed by atoms with Crippen LogP contribution in [0, 0.1) is 0 Å². The lowest BCUT2D eigenvalue weighted by Crippen LogP contribution is -2.70. The zero-order valence-electron chi connectivity index (χ0n) is 5.95. The molecule has 0 aromatic rings. The van der Waals surface area contributed by atoms with Crippen molar-refractivity contribution in [3.8, 4) is 0 Å². The summed E-state index contributed by atoms with van der Waals surface area (Å²) in [6.07, 6.45) is -3.67. The maximum atomic E-state index is 8.89.